The van der Waals surface area contributed by atoms with Gasteiger partial charge in [-0.3, -0.25) is 0 Å². The fourth-order valence-electron chi connectivity index (χ4n) is 1.68. The van der Waals surface area contributed by atoms with Gasteiger partial charge in [0.1, 0.15) is 5.75 Å². The van der Waals surface area contributed by atoms with Crippen LogP contribution in [0.3, 0.4) is 0 Å². The van der Waals surface area contributed by atoms with E-state index in [2.05, 4.69) is 10.3 Å². The Morgan fingerprint density at radius 3 is 2.85 bits per heavy atom. The zero-order chi connectivity index (χ0) is 14.5. The van der Waals surface area contributed by atoms with Gasteiger partial charge in [-0.1, -0.05) is 12.1 Å². The number of nitrogen functional groups attached to an aromatic ring is 1. The smallest absolute Gasteiger partial charge is 0.337 e. The lowest BCUT2D eigenvalue weighted by Crippen LogP contribution is -2.05. The van der Waals surface area contributed by atoms with E-state index in [1.54, 1.807) is 0 Å². The Bertz CT molecular complexity index is 629. The summed E-state index contributed by atoms with van der Waals surface area (Å²) in [5.41, 5.74) is 6.83. The van der Waals surface area contributed by atoms with Crippen LogP contribution < -0.4 is 15.8 Å². The summed E-state index contributed by atoms with van der Waals surface area (Å²) in [4.78, 5) is 14.8. The molecule has 1 aromatic carbocycles. The first kappa shape index (κ1) is 13.7. The number of benzene rings is 1. The van der Waals surface area contributed by atoms with Crippen molar-refractivity contribution in [3.63, 3.8) is 0 Å². The van der Waals surface area contributed by atoms with Gasteiger partial charge in [0.05, 0.1) is 23.5 Å². The number of anilines is 3. The monoisotopic (exact) mass is 273 g/mol. The summed E-state index contributed by atoms with van der Waals surface area (Å²) in [6.45, 7) is 2.44. The van der Waals surface area contributed by atoms with Crippen LogP contribution in [0.1, 0.15) is 17.3 Å². The molecule has 0 saturated heterocycles. The predicted molar refractivity (Wildman–Crippen MR) is 76.5 cm³/mol. The van der Waals surface area contributed by atoms with Crippen molar-refractivity contribution >= 4 is 23.2 Å². The van der Waals surface area contributed by atoms with E-state index in [0.29, 0.717) is 18.2 Å². The molecule has 0 aliphatic rings. The van der Waals surface area contributed by atoms with Gasteiger partial charge in [-0.25, -0.2) is 9.78 Å². The lowest BCUT2D eigenvalue weighted by atomic mass is 10.2. The Labute approximate surface area is 116 Å². The van der Waals surface area contributed by atoms with E-state index >= 15 is 0 Å². The number of pyridine rings is 1. The maximum absolute atomic E-state index is 10.8. The average Bonchev–Trinajstić information content (AvgIpc) is 2.43. The Kier molecular flexibility index (Phi) is 4.05. The maximum atomic E-state index is 10.8. The summed E-state index contributed by atoms with van der Waals surface area (Å²) < 4.78 is 5.49. The molecule has 0 radical (unpaired) electrons. The summed E-state index contributed by atoms with van der Waals surface area (Å²) in [5.74, 6) is 0.00568. The molecule has 4 N–H and O–H groups in total. The first-order valence-electron chi connectivity index (χ1n) is 6.09. The van der Waals surface area contributed by atoms with Gasteiger partial charge in [-0.05, 0) is 25.1 Å². The molecule has 2 rings (SSSR count). The molecule has 0 unspecified atom stereocenters. The van der Waals surface area contributed by atoms with Crippen LogP contribution in [0, 0.1) is 0 Å². The zero-order valence-electron chi connectivity index (χ0n) is 11.0. The number of para-hydroxylation sites is 2. The highest BCUT2D eigenvalue weighted by molar-refractivity contribution is 5.89. The molecule has 1 heterocycles. The third-order valence-electron chi connectivity index (χ3n) is 2.60. The van der Waals surface area contributed by atoms with Crippen LogP contribution in [0.5, 0.6) is 5.75 Å². The van der Waals surface area contributed by atoms with Crippen molar-refractivity contribution in [2.24, 2.45) is 0 Å². The summed E-state index contributed by atoms with van der Waals surface area (Å²) in [6.07, 6.45) is 1.25. The zero-order valence-corrected chi connectivity index (χ0v) is 11.0. The number of aromatic nitrogens is 1. The lowest BCUT2D eigenvalue weighted by Gasteiger charge is -2.13. The summed E-state index contributed by atoms with van der Waals surface area (Å²) in [6, 6.07) is 8.74. The van der Waals surface area contributed by atoms with Gasteiger partial charge in [-0.2, -0.15) is 0 Å². The lowest BCUT2D eigenvalue weighted by molar-refractivity contribution is 0.0696. The SMILES string of the molecule is CCOc1ccccc1Nc1ncc(C(=O)O)cc1N. The minimum Gasteiger partial charge on any atom is -0.492 e. The summed E-state index contributed by atoms with van der Waals surface area (Å²) in [7, 11) is 0. The molecule has 1 aromatic heterocycles. The fraction of sp³-hybridized carbons (Fsp3) is 0.143. The third-order valence-corrected chi connectivity index (χ3v) is 2.60. The Morgan fingerprint density at radius 2 is 2.20 bits per heavy atom. The Hall–Kier alpha value is -2.76. The van der Waals surface area contributed by atoms with Crippen molar-refractivity contribution in [3.8, 4) is 5.75 Å². The summed E-state index contributed by atoms with van der Waals surface area (Å²) in [5, 5.41) is 11.9. The van der Waals surface area contributed by atoms with Crippen LogP contribution >= 0.6 is 0 Å². The van der Waals surface area contributed by atoms with Crippen molar-refractivity contribution in [1.29, 1.82) is 0 Å². The molecule has 0 bridgehead atoms. The van der Waals surface area contributed by atoms with E-state index in [4.69, 9.17) is 15.6 Å². The van der Waals surface area contributed by atoms with Crippen LogP contribution in [-0.4, -0.2) is 22.7 Å². The van der Waals surface area contributed by atoms with E-state index in [1.165, 1.54) is 12.3 Å². The maximum Gasteiger partial charge on any atom is 0.337 e. The fourth-order valence-corrected chi connectivity index (χ4v) is 1.68. The van der Waals surface area contributed by atoms with Gasteiger partial charge < -0.3 is 20.9 Å². The van der Waals surface area contributed by atoms with E-state index in [-0.39, 0.29) is 11.3 Å². The molecule has 0 aliphatic carbocycles. The van der Waals surface area contributed by atoms with E-state index in [1.807, 2.05) is 31.2 Å². The summed E-state index contributed by atoms with van der Waals surface area (Å²) >= 11 is 0. The minimum atomic E-state index is -1.06. The first-order chi connectivity index (χ1) is 9.61. The van der Waals surface area contributed by atoms with Crippen molar-refractivity contribution in [3.05, 3.63) is 42.1 Å². The quantitative estimate of drug-likeness (QED) is 0.774. The minimum absolute atomic E-state index is 0.0474. The standard InChI is InChI=1S/C14H15N3O3/c1-2-20-12-6-4-3-5-11(12)17-13-10(15)7-9(8-16-13)14(18)19/h3-8H,2,15H2,1H3,(H,16,17)(H,18,19). The average molecular weight is 273 g/mol. The molecule has 6 heteroatoms. The molecule has 2 aromatic rings. The van der Waals surface area contributed by atoms with Gasteiger partial charge in [0.25, 0.3) is 0 Å². The van der Waals surface area contributed by atoms with Gasteiger partial charge >= 0.3 is 5.97 Å². The number of hydrogen-bond acceptors (Lipinski definition) is 5. The highest BCUT2D eigenvalue weighted by Crippen LogP contribution is 2.29. The number of rotatable bonds is 5. The normalized spacial score (nSPS) is 10.1. The molecule has 20 heavy (non-hydrogen) atoms. The molecule has 0 spiro atoms. The van der Waals surface area contributed by atoms with Crippen molar-refractivity contribution in [2.45, 2.75) is 6.92 Å². The van der Waals surface area contributed by atoms with Gasteiger partial charge in [0, 0.05) is 6.20 Å². The Balaban J connectivity index is 2.28. The molecule has 0 aliphatic heterocycles. The predicted octanol–water partition coefficient (Wildman–Crippen LogP) is 2.50. The second-order valence-electron chi connectivity index (χ2n) is 4.02. The van der Waals surface area contributed by atoms with E-state index < -0.39 is 5.97 Å². The van der Waals surface area contributed by atoms with Gasteiger partial charge in [-0.15, -0.1) is 0 Å². The van der Waals surface area contributed by atoms with Crippen molar-refractivity contribution in [2.75, 3.05) is 17.7 Å². The molecule has 0 amide bonds. The molecule has 0 saturated carbocycles. The van der Waals surface area contributed by atoms with Crippen LogP contribution in [0.15, 0.2) is 36.5 Å². The Morgan fingerprint density at radius 1 is 1.45 bits per heavy atom. The van der Waals surface area contributed by atoms with Crippen LogP contribution in [0.4, 0.5) is 17.2 Å². The number of ether oxygens (including phenoxy) is 1. The largest absolute Gasteiger partial charge is 0.492 e. The van der Waals surface area contributed by atoms with Crippen LogP contribution in [0.2, 0.25) is 0 Å². The van der Waals surface area contributed by atoms with E-state index in [9.17, 15) is 4.79 Å². The van der Waals surface area contributed by atoms with E-state index in [0.717, 1.165) is 5.69 Å². The highest BCUT2D eigenvalue weighted by atomic mass is 16.5. The molecule has 6 nitrogen and oxygen atoms in total. The van der Waals surface area contributed by atoms with Crippen LogP contribution in [0.25, 0.3) is 0 Å². The number of nitrogens with two attached hydrogens (primary N) is 1. The highest BCUT2D eigenvalue weighted by Gasteiger charge is 2.09. The van der Waals surface area contributed by atoms with Crippen molar-refractivity contribution < 1.29 is 14.6 Å². The second-order valence-corrected chi connectivity index (χ2v) is 4.02. The van der Waals surface area contributed by atoms with Crippen LogP contribution in [-0.2, 0) is 0 Å². The number of carboxylic acids is 1. The molecule has 0 atom stereocenters. The molecule has 104 valence electrons. The number of nitrogens with zero attached hydrogens (tertiary/aromatic N) is 1. The number of nitrogens with one attached hydrogen (secondary N) is 1. The molecule has 0 fully saturated rings. The molecular formula is C14H15N3O3. The second kappa shape index (κ2) is 5.92. The number of hydrogen-bond donors (Lipinski definition) is 3. The number of carbonyl (C=O) groups is 1. The van der Waals surface area contributed by atoms with Gasteiger partial charge in [0.2, 0.25) is 0 Å². The topological polar surface area (TPSA) is 97.5 Å². The molecular weight excluding hydrogens is 258 g/mol. The third kappa shape index (κ3) is 2.97. The number of aromatic carboxylic acids is 1. The first-order valence-corrected chi connectivity index (χ1v) is 6.09. The number of carboxylic acid groups (broad SMARTS) is 1. The van der Waals surface area contributed by atoms with Crippen molar-refractivity contribution in [1.82, 2.24) is 4.98 Å². The van der Waals surface area contributed by atoms with Gasteiger partial charge in [0.15, 0.2) is 5.82 Å².